The highest BCUT2D eigenvalue weighted by Gasteiger charge is 2.30. The van der Waals surface area contributed by atoms with Crippen molar-refractivity contribution in [2.75, 3.05) is 0 Å². The molecule has 2 aromatic rings. The normalized spacial score (nSPS) is 14.0. The summed E-state index contributed by atoms with van der Waals surface area (Å²) in [6, 6.07) is 15.0. The van der Waals surface area contributed by atoms with E-state index in [4.69, 9.17) is 5.73 Å². The molecule has 0 amide bonds. The van der Waals surface area contributed by atoms with Crippen LogP contribution in [0.3, 0.4) is 0 Å². The van der Waals surface area contributed by atoms with Gasteiger partial charge in [-0.05, 0) is 30.0 Å². The number of nitrogens with two attached hydrogens (primary N) is 1. The van der Waals surface area contributed by atoms with Crippen molar-refractivity contribution < 1.29 is 4.39 Å². The molecule has 0 saturated heterocycles. The summed E-state index contributed by atoms with van der Waals surface area (Å²) in [4.78, 5) is 0. The van der Waals surface area contributed by atoms with Crippen molar-refractivity contribution in [2.24, 2.45) is 5.73 Å². The van der Waals surface area contributed by atoms with Crippen LogP contribution in [0.2, 0.25) is 0 Å². The minimum Gasteiger partial charge on any atom is -0.318 e. The quantitative estimate of drug-likeness (QED) is 0.857. The minimum atomic E-state index is -0.769. The van der Waals surface area contributed by atoms with Crippen molar-refractivity contribution in [3.8, 4) is 0 Å². The van der Waals surface area contributed by atoms with Gasteiger partial charge in [-0.1, -0.05) is 62.7 Å². The molecule has 1 unspecified atom stereocenters. The van der Waals surface area contributed by atoms with E-state index in [0.29, 0.717) is 12.0 Å². The van der Waals surface area contributed by atoms with Crippen molar-refractivity contribution in [1.82, 2.24) is 0 Å². The van der Waals surface area contributed by atoms with Gasteiger partial charge in [0.25, 0.3) is 0 Å². The van der Waals surface area contributed by atoms with Crippen LogP contribution in [0.5, 0.6) is 0 Å². The Morgan fingerprint density at radius 2 is 1.80 bits per heavy atom. The lowest BCUT2D eigenvalue weighted by molar-refractivity contribution is 0.479. The van der Waals surface area contributed by atoms with E-state index in [2.05, 4.69) is 19.1 Å². The molecule has 0 aliphatic rings. The van der Waals surface area contributed by atoms with Crippen LogP contribution < -0.4 is 5.73 Å². The molecular weight excluding hydrogens is 249 g/mol. The molecular formula is C18H22FN. The highest BCUT2D eigenvalue weighted by atomic mass is 19.1. The molecule has 1 atom stereocenters. The third-order valence-electron chi connectivity index (χ3n) is 3.89. The smallest absolute Gasteiger partial charge is 0.128 e. The molecule has 0 radical (unpaired) electrons. The standard InChI is InChI=1S/C18H22FN/c1-3-8-14-9-7-10-15(13-14)18(20,4-2)16-11-5-6-12-17(16)19/h5-7,9-13H,3-4,8,20H2,1-2H3. The third kappa shape index (κ3) is 2.75. The van der Waals surface area contributed by atoms with Gasteiger partial charge in [0.2, 0.25) is 0 Å². The van der Waals surface area contributed by atoms with Crippen LogP contribution in [0.1, 0.15) is 43.4 Å². The van der Waals surface area contributed by atoms with E-state index in [1.54, 1.807) is 12.1 Å². The van der Waals surface area contributed by atoms with E-state index in [-0.39, 0.29) is 5.82 Å². The molecule has 20 heavy (non-hydrogen) atoms. The number of hydrogen-bond acceptors (Lipinski definition) is 1. The minimum absolute atomic E-state index is 0.238. The number of rotatable bonds is 5. The second-order valence-electron chi connectivity index (χ2n) is 5.26. The topological polar surface area (TPSA) is 26.0 Å². The van der Waals surface area contributed by atoms with Crippen LogP contribution in [0.15, 0.2) is 48.5 Å². The Morgan fingerprint density at radius 1 is 1.05 bits per heavy atom. The number of aryl methyl sites for hydroxylation is 1. The van der Waals surface area contributed by atoms with Crippen LogP contribution in [-0.2, 0) is 12.0 Å². The Balaban J connectivity index is 2.50. The van der Waals surface area contributed by atoms with Crippen LogP contribution in [0, 0.1) is 5.82 Å². The van der Waals surface area contributed by atoms with Crippen LogP contribution >= 0.6 is 0 Å². The van der Waals surface area contributed by atoms with E-state index >= 15 is 0 Å². The summed E-state index contributed by atoms with van der Waals surface area (Å²) < 4.78 is 14.1. The van der Waals surface area contributed by atoms with E-state index < -0.39 is 5.54 Å². The maximum atomic E-state index is 14.1. The lowest BCUT2D eigenvalue weighted by Gasteiger charge is -2.30. The van der Waals surface area contributed by atoms with Crippen molar-refractivity contribution in [3.63, 3.8) is 0 Å². The Labute approximate surface area is 120 Å². The molecule has 106 valence electrons. The van der Waals surface area contributed by atoms with E-state index in [0.717, 1.165) is 18.4 Å². The van der Waals surface area contributed by atoms with Gasteiger partial charge in [-0.25, -0.2) is 4.39 Å². The first-order valence-electron chi connectivity index (χ1n) is 7.25. The summed E-state index contributed by atoms with van der Waals surface area (Å²) in [7, 11) is 0. The fourth-order valence-electron chi connectivity index (χ4n) is 2.67. The van der Waals surface area contributed by atoms with Crippen LogP contribution in [0.4, 0.5) is 4.39 Å². The van der Waals surface area contributed by atoms with Gasteiger partial charge >= 0.3 is 0 Å². The summed E-state index contributed by atoms with van der Waals surface area (Å²) in [5, 5.41) is 0. The highest BCUT2D eigenvalue weighted by molar-refractivity contribution is 5.40. The van der Waals surface area contributed by atoms with Gasteiger partial charge < -0.3 is 5.73 Å². The van der Waals surface area contributed by atoms with Gasteiger partial charge in [0.15, 0.2) is 0 Å². The summed E-state index contributed by atoms with van der Waals surface area (Å²) in [5.41, 5.74) is 8.60. The summed E-state index contributed by atoms with van der Waals surface area (Å²) in [6.45, 7) is 4.15. The summed E-state index contributed by atoms with van der Waals surface area (Å²) >= 11 is 0. The molecule has 0 aliphatic heterocycles. The predicted octanol–water partition coefficient (Wildman–Crippen LogP) is 4.39. The van der Waals surface area contributed by atoms with Gasteiger partial charge in [0.1, 0.15) is 5.82 Å². The average molecular weight is 271 g/mol. The van der Waals surface area contributed by atoms with Crippen molar-refractivity contribution in [3.05, 3.63) is 71.0 Å². The zero-order valence-electron chi connectivity index (χ0n) is 12.2. The maximum Gasteiger partial charge on any atom is 0.128 e. The molecule has 2 N–H and O–H groups in total. The van der Waals surface area contributed by atoms with Crippen molar-refractivity contribution in [1.29, 1.82) is 0 Å². The molecule has 1 nitrogen and oxygen atoms in total. The third-order valence-corrected chi connectivity index (χ3v) is 3.89. The fourth-order valence-corrected chi connectivity index (χ4v) is 2.67. The van der Waals surface area contributed by atoms with Gasteiger partial charge in [-0.15, -0.1) is 0 Å². The lowest BCUT2D eigenvalue weighted by atomic mass is 9.80. The summed E-state index contributed by atoms with van der Waals surface area (Å²) in [5.74, 6) is -0.238. The molecule has 0 spiro atoms. The first kappa shape index (κ1) is 14.7. The lowest BCUT2D eigenvalue weighted by Crippen LogP contribution is -2.38. The highest BCUT2D eigenvalue weighted by Crippen LogP contribution is 2.32. The Bertz CT molecular complexity index is 579. The number of halogens is 1. The Hall–Kier alpha value is -1.67. The number of hydrogen-bond donors (Lipinski definition) is 1. The first-order chi connectivity index (χ1) is 9.61. The molecule has 0 saturated carbocycles. The molecule has 0 aromatic heterocycles. The zero-order chi connectivity index (χ0) is 14.6. The number of benzene rings is 2. The molecule has 2 aromatic carbocycles. The van der Waals surface area contributed by atoms with Gasteiger partial charge in [0, 0.05) is 5.56 Å². The monoisotopic (exact) mass is 271 g/mol. The second-order valence-corrected chi connectivity index (χ2v) is 5.26. The molecule has 2 heteroatoms. The van der Waals surface area contributed by atoms with E-state index in [9.17, 15) is 4.39 Å². The first-order valence-corrected chi connectivity index (χ1v) is 7.25. The van der Waals surface area contributed by atoms with Gasteiger partial charge in [0.05, 0.1) is 5.54 Å². The Kier molecular flexibility index (Phi) is 4.56. The fraction of sp³-hybridized carbons (Fsp3) is 0.333. The largest absolute Gasteiger partial charge is 0.318 e. The van der Waals surface area contributed by atoms with Gasteiger partial charge in [-0.3, -0.25) is 0 Å². The molecule has 0 heterocycles. The average Bonchev–Trinajstić information content (AvgIpc) is 2.47. The van der Waals surface area contributed by atoms with Crippen LogP contribution in [-0.4, -0.2) is 0 Å². The molecule has 2 rings (SSSR count). The predicted molar refractivity (Wildman–Crippen MR) is 82.1 cm³/mol. The SMILES string of the molecule is CCCc1cccc(C(N)(CC)c2ccccc2F)c1. The van der Waals surface area contributed by atoms with Crippen molar-refractivity contribution >= 4 is 0 Å². The summed E-state index contributed by atoms with van der Waals surface area (Å²) in [6.07, 6.45) is 2.77. The second kappa shape index (κ2) is 6.19. The molecule has 0 fully saturated rings. The maximum absolute atomic E-state index is 14.1. The molecule has 0 bridgehead atoms. The van der Waals surface area contributed by atoms with Crippen molar-refractivity contribution in [2.45, 2.75) is 38.6 Å². The van der Waals surface area contributed by atoms with E-state index in [1.807, 2.05) is 25.1 Å². The van der Waals surface area contributed by atoms with E-state index in [1.165, 1.54) is 11.6 Å². The molecule has 0 aliphatic carbocycles. The zero-order valence-corrected chi connectivity index (χ0v) is 12.2. The Morgan fingerprint density at radius 3 is 2.45 bits per heavy atom. The van der Waals surface area contributed by atoms with Crippen LogP contribution in [0.25, 0.3) is 0 Å². The van der Waals surface area contributed by atoms with Gasteiger partial charge in [-0.2, -0.15) is 0 Å².